The molecule has 1 aliphatic rings. The number of hydrogen-bond acceptors (Lipinski definition) is 3. The maximum Gasteiger partial charge on any atom is 0.229 e. The first kappa shape index (κ1) is 13.9. The minimum atomic E-state index is 0.0487. The normalized spacial score (nSPS) is 19.1. The monoisotopic (exact) mass is 263 g/mol. The Hall–Kier alpha value is -1.55. The highest BCUT2D eigenvalue weighted by atomic mass is 16.5. The highest BCUT2D eigenvalue weighted by molar-refractivity contribution is 5.93. The van der Waals surface area contributed by atoms with Gasteiger partial charge in [0.2, 0.25) is 5.91 Å². The van der Waals surface area contributed by atoms with E-state index >= 15 is 0 Å². The molecule has 1 aromatic carbocycles. The quantitative estimate of drug-likeness (QED) is 0.908. The Kier molecular flexibility index (Phi) is 4.80. The molecule has 1 N–H and O–H groups in total. The maximum atomic E-state index is 12.3. The van der Waals surface area contributed by atoms with Gasteiger partial charge in [0.1, 0.15) is 5.75 Å². The van der Waals surface area contributed by atoms with Gasteiger partial charge < -0.3 is 14.7 Å². The second-order valence-corrected chi connectivity index (χ2v) is 4.85. The second-order valence-electron chi connectivity index (χ2n) is 4.85. The Morgan fingerprint density at radius 3 is 2.95 bits per heavy atom. The van der Waals surface area contributed by atoms with Crippen LogP contribution < -0.4 is 4.90 Å². The first-order valence-electron chi connectivity index (χ1n) is 6.91. The highest BCUT2D eigenvalue weighted by Gasteiger charge is 2.21. The second kappa shape index (κ2) is 6.57. The molecule has 0 saturated carbocycles. The Morgan fingerprint density at radius 1 is 1.47 bits per heavy atom. The van der Waals surface area contributed by atoms with Crippen LogP contribution in [-0.2, 0) is 9.53 Å². The van der Waals surface area contributed by atoms with E-state index in [1.54, 1.807) is 23.1 Å². The van der Waals surface area contributed by atoms with E-state index in [1.807, 2.05) is 13.0 Å². The molecule has 1 unspecified atom stereocenters. The molecule has 1 aliphatic heterocycles. The molecule has 4 nitrogen and oxygen atoms in total. The lowest BCUT2D eigenvalue weighted by Gasteiger charge is -2.26. The van der Waals surface area contributed by atoms with Gasteiger partial charge in [-0.25, -0.2) is 0 Å². The smallest absolute Gasteiger partial charge is 0.229 e. The van der Waals surface area contributed by atoms with E-state index in [2.05, 4.69) is 0 Å². The highest BCUT2D eigenvalue weighted by Crippen LogP contribution is 2.22. The molecule has 1 amide bonds. The molecule has 2 rings (SSSR count). The van der Waals surface area contributed by atoms with Crippen molar-refractivity contribution in [1.29, 1.82) is 0 Å². The third-order valence-corrected chi connectivity index (χ3v) is 3.43. The summed E-state index contributed by atoms with van der Waals surface area (Å²) in [6.07, 6.45) is 3.66. The summed E-state index contributed by atoms with van der Waals surface area (Å²) in [5, 5.41) is 9.50. The number of phenolic OH excluding ortho intramolecular Hbond substituents is 1. The number of carbonyl (C=O) groups excluding carboxylic acids is 1. The Balaban J connectivity index is 2.02. The molecule has 1 saturated heterocycles. The van der Waals surface area contributed by atoms with Gasteiger partial charge in [-0.1, -0.05) is 6.07 Å². The SMILES string of the molecule is CCN(C(=O)CC1CCCCO1)c1cccc(O)c1. The van der Waals surface area contributed by atoms with Crippen LogP contribution in [0.3, 0.4) is 0 Å². The van der Waals surface area contributed by atoms with E-state index in [9.17, 15) is 9.90 Å². The number of nitrogens with zero attached hydrogens (tertiary/aromatic N) is 1. The minimum Gasteiger partial charge on any atom is -0.508 e. The summed E-state index contributed by atoms with van der Waals surface area (Å²) in [6.45, 7) is 3.29. The topological polar surface area (TPSA) is 49.8 Å². The zero-order valence-corrected chi connectivity index (χ0v) is 11.3. The van der Waals surface area contributed by atoms with Gasteiger partial charge in [-0.3, -0.25) is 4.79 Å². The van der Waals surface area contributed by atoms with Crippen molar-refractivity contribution < 1.29 is 14.6 Å². The predicted octanol–water partition coefficient (Wildman–Crippen LogP) is 2.70. The molecule has 4 heteroatoms. The van der Waals surface area contributed by atoms with Gasteiger partial charge in [0.05, 0.1) is 12.5 Å². The van der Waals surface area contributed by atoms with Gasteiger partial charge in [0.15, 0.2) is 0 Å². The van der Waals surface area contributed by atoms with Gasteiger partial charge in [0.25, 0.3) is 0 Å². The summed E-state index contributed by atoms with van der Waals surface area (Å²) in [4.78, 5) is 14.0. The molecule has 19 heavy (non-hydrogen) atoms. The molecule has 1 heterocycles. The molecule has 0 aromatic heterocycles. The molecular formula is C15H21NO3. The van der Waals surface area contributed by atoms with Gasteiger partial charge in [-0.2, -0.15) is 0 Å². The van der Waals surface area contributed by atoms with Crippen LogP contribution in [0.15, 0.2) is 24.3 Å². The number of benzene rings is 1. The average Bonchev–Trinajstić information content (AvgIpc) is 2.41. The van der Waals surface area contributed by atoms with Crippen LogP contribution in [0, 0.1) is 0 Å². The van der Waals surface area contributed by atoms with Crippen LogP contribution in [0.25, 0.3) is 0 Å². The summed E-state index contributed by atoms with van der Waals surface area (Å²) < 4.78 is 5.61. The fraction of sp³-hybridized carbons (Fsp3) is 0.533. The Morgan fingerprint density at radius 2 is 2.32 bits per heavy atom. The maximum absolute atomic E-state index is 12.3. The zero-order valence-electron chi connectivity index (χ0n) is 11.3. The number of amides is 1. The largest absolute Gasteiger partial charge is 0.508 e. The Bertz CT molecular complexity index is 427. The molecule has 1 aromatic rings. The van der Waals surface area contributed by atoms with Gasteiger partial charge in [-0.15, -0.1) is 0 Å². The molecule has 0 radical (unpaired) electrons. The van der Waals surface area contributed by atoms with E-state index in [0.29, 0.717) is 13.0 Å². The van der Waals surface area contributed by atoms with Gasteiger partial charge in [-0.05, 0) is 38.3 Å². The molecule has 1 fully saturated rings. The van der Waals surface area contributed by atoms with Crippen molar-refractivity contribution in [2.45, 2.75) is 38.7 Å². The third kappa shape index (κ3) is 3.70. The van der Waals surface area contributed by atoms with Crippen LogP contribution in [0.4, 0.5) is 5.69 Å². The van der Waals surface area contributed by atoms with E-state index in [1.165, 1.54) is 0 Å². The fourth-order valence-electron chi connectivity index (χ4n) is 2.44. The zero-order chi connectivity index (χ0) is 13.7. The number of aromatic hydroxyl groups is 1. The molecular weight excluding hydrogens is 242 g/mol. The van der Waals surface area contributed by atoms with Crippen LogP contribution in [0.5, 0.6) is 5.75 Å². The molecule has 0 spiro atoms. The van der Waals surface area contributed by atoms with Crippen molar-refractivity contribution in [3.8, 4) is 5.75 Å². The van der Waals surface area contributed by atoms with E-state index in [4.69, 9.17) is 4.74 Å². The molecule has 0 bridgehead atoms. The molecule has 1 atom stereocenters. The van der Waals surface area contributed by atoms with Crippen molar-refractivity contribution in [3.63, 3.8) is 0 Å². The summed E-state index contributed by atoms with van der Waals surface area (Å²) in [7, 11) is 0. The summed E-state index contributed by atoms with van der Waals surface area (Å²) in [5.74, 6) is 0.234. The lowest BCUT2D eigenvalue weighted by atomic mass is 10.1. The number of carbonyl (C=O) groups is 1. The van der Waals surface area contributed by atoms with Crippen molar-refractivity contribution in [2.75, 3.05) is 18.1 Å². The minimum absolute atomic E-state index is 0.0487. The summed E-state index contributed by atoms with van der Waals surface area (Å²) in [5.41, 5.74) is 0.739. The van der Waals surface area contributed by atoms with Gasteiger partial charge >= 0.3 is 0 Å². The van der Waals surface area contributed by atoms with Gasteiger partial charge in [0, 0.05) is 24.9 Å². The van der Waals surface area contributed by atoms with Crippen LogP contribution in [-0.4, -0.2) is 30.3 Å². The first-order valence-corrected chi connectivity index (χ1v) is 6.91. The van der Waals surface area contributed by atoms with Crippen LogP contribution >= 0.6 is 0 Å². The third-order valence-electron chi connectivity index (χ3n) is 3.43. The van der Waals surface area contributed by atoms with Crippen molar-refractivity contribution in [3.05, 3.63) is 24.3 Å². The molecule has 0 aliphatic carbocycles. The number of anilines is 1. The van der Waals surface area contributed by atoms with Crippen molar-refractivity contribution in [2.24, 2.45) is 0 Å². The van der Waals surface area contributed by atoms with E-state index < -0.39 is 0 Å². The summed E-state index contributed by atoms with van der Waals surface area (Å²) >= 11 is 0. The lowest BCUT2D eigenvalue weighted by molar-refractivity contribution is -0.122. The number of phenols is 1. The van der Waals surface area contributed by atoms with Crippen molar-refractivity contribution >= 4 is 11.6 Å². The Labute approximate surface area is 114 Å². The molecule has 104 valence electrons. The number of ether oxygens (including phenoxy) is 1. The van der Waals surface area contributed by atoms with E-state index in [0.717, 1.165) is 31.6 Å². The predicted molar refractivity (Wildman–Crippen MR) is 74.3 cm³/mol. The first-order chi connectivity index (χ1) is 9.20. The summed E-state index contributed by atoms with van der Waals surface area (Å²) in [6, 6.07) is 6.80. The lowest BCUT2D eigenvalue weighted by Crippen LogP contribution is -2.34. The average molecular weight is 263 g/mol. The van der Waals surface area contributed by atoms with Crippen LogP contribution in [0.1, 0.15) is 32.6 Å². The van der Waals surface area contributed by atoms with Crippen molar-refractivity contribution in [1.82, 2.24) is 0 Å². The number of rotatable bonds is 4. The standard InChI is InChI=1S/C15H21NO3/c1-2-16(12-6-5-7-13(17)10-12)15(18)11-14-8-3-4-9-19-14/h5-7,10,14,17H,2-4,8-9,11H2,1H3. The fourth-order valence-corrected chi connectivity index (χ4v) is 2.44. The number of hydrogen-bond donors (Lipinski definition) is 1. The van der Waals surface area contributed by atoms with E-state index in [-0.39, 0.29) is 17.8 Å². The van der Waals surface area contributed by atoms with Crippen LogP contribution in [0.2, 0.25) is 0 Å².